The SMILES string of the molecule is CCCC(C)[C@H](NS(=O)(=O)c1ccc(N2CCC(=O)CC2)cc1)C(=O)O. The molecule has 0 aromatic heterocycles. The fraction of sp³-hybridized carbons (Fsp3) is 0.556. The van der Waals surface area contributed by atoms with Crippen LogP contribution >= 0.6 is 0 Å². The summed E-state index contributed by atoms with van der Waals surface area (Å²) in [6.07, 6.45) is 2.39. The van der Waals surface area contributed by atoms with E-state index in [1.54, 1.807) is 19.1 Å². The molecule has 8 heteroatoms. The summed E-state index contributed by atoms with van der Waals surface area (Å²) in [6.45, 7) is 4.90. The van der Waals surface area contributed by atoms with Crippen LogP contribution in [0.25, 0.3) is 0 Å². The van der Waals surface area contributed by atoms with Crippen molar-refractivity contribution in [1.82, 2.24) is 4.72 Å². The number of piperidine rings is 1. The number of ketones is 1. The number of anilines is 1. The number of carbonyl (C=O) groups is 2. The molecule has 2 N–H and O–H groups in total. The van der Waals surface area contributed by atoms with Crippen molar-refractivity contribution in [3.05, 3.63) is 24.3 Å². The minimum Gasteiger partial charge on any atom is -0.480 e. The number of aliphatic carboxylic acids is 1. The number of carboxylic acids is 1. The number of nitrogens with zero attached hydrogens (tertiary/aromatic N) is 1. The molecular weight excluding hydrogens is 356 g/mol. The van der Waals surface area contributed by atoms with Gasteiger partial charge in [0.2, 0.25) is 10.0 Å². The number of carbonyl (C=O) groups excluding carboxylic acids is 1. The fourth-order valence-corrected chi connectivity index (χ4v) is 4.42. The Hall–Kier alpha value is -1.93. The summed E-state index contributed by atoms with van der Waals surface area (Å²) in [7, 11) is -3.93. The van der Waals surface area contributed by atoms with Crippen molar-refractivity contribution in [2.24, 2.45) is 5.92 Å². The average molecular weight is 382 g/mol. The van der Waals surface area contributed by atoms with E-state index >= 15 is 0 Å². The van der Waals surface area contributed by atoms with E-state index in [9.17, 15) is 23.1 Å². The van der Waals surface area contributed by atoms with Crippen molar-refractivity contribution >= 4 is 27.5 Å². The zero-order valence-electron chi connectivity index (χ0n) is 15.1. The number of Topliss-reactive ketones (excluding diaryl/α,β-unsaturated/α-hetero) is 1. The molecule has 0 amide bonds. The number of rotatable bonds is 8. The molecule has 1 aliphatic heterocycles. The van der Waals surface area contributed by atoms with E-state index in [1.807, 2.05) is 11.8 Å². The van der Waals surface area contributed by atoms with Gasteiger partial charge in [-0.15, -0.1) is 0 Å². The molecule has 1 saturated heterocycles. The van der Waals surface area contributed by atoms with E-state index in [1.165, 1.54) is 12.1 Å². The third-order valence-corrected chi connectivity index (χ3v) is 6.15. The first kappa shape index (κ1) is 20.4. The van der Waals surface area contributed by atoms with Gasteiger partial charge in [0.25, 0.3) is 0 Å². The molecule has 1 fully saturated rings. The molecule has 0 spiro atoms. The number of carboxylic acid groups (broad SMARTS) is 1. The van der Waals surface area contributed by atoms with Crippen molar-refractivity contribution in [3.8, 4) is 0 Å². The predicted molar refractivity (Wildman–Crippen MR) is 98.7 cm³/mol. The summed E-state index contributed by atoms with van der Waals surface area (Å²) in [5.74, 6) is -1.24. The molecule has 0 radical (unpaired) electrons. The van der Waals surface area contributed by atoms with Crippen LogP contribution in [0.5, 0.6) is 0 Å². The Morgan fingerprint density at radius 1 is 1.23 bits per heavy atom. The molecule has 1 unspecified atom stereocenters. The third kappa shape index (κ3) is 5.04. The molecule has 7 nitrogen and oxygen atoms in total. The van der Waals surface area contributed by atoms with Crippen LogP contribution in [0, 0.1) is 5.92 Å². The maximum Gasteiger partial charge on any atom is 0.322 e. The lowest BCUT2D eigenvalue weighted by Gasteiger charge is -2.28. The molecule has 144 valence electrons. The Kier molecular flexibility index (Phi) is 6.77. The largest absolute Gasteiger partial charge is 0.480 e. The second-order valence-electron chi connectivity index (χ2n) is 6.72. The Morgan fingerprint density at radius 3 is 2.31 bits per heavy atom. The Balaban J connectivity index is 2.13. The van der Waals surface area contributed by atoms with E-state index < -0.39 is 22.0 Å². The molecule has 0 aliphatic carbocycles. The first-order chi connectivity index (χ1) is 12.2. The normalized spacial score (nSPS) is 17.8. The Bertz CT molecular complexity index is 735. The van der Waals surface area contributed by atoms with Crippen molar-refractivity contribution < 1.29 is 23.1 Å². The molecular formula is C18H26N2O5S. The van der Waals surface area contributed by atoms with Gasteiger partial charge in [0.1, 0.15) is 11.8 Å². The van der Waals surface area contributed by atoms with Crippen molar-refractivity contribution in [3.63, 3.8) is 0 Å². The summed E-state index contributed by atoms with van der Waals surface area (Å²) < 4.78 is 27.4. The number of hydrogen-bond acceptors (Lipinski definition) is 5. The summed E-state index contributed by atoms with van der Waals surface area (Å²) in [5.41, 5.74) is 0.852. The highest BCUT2D eigenvalue weighted by Crippen LogP contribution is 2.22. The number of hydrogen-bond donors (Lipinski definition) is 2. The van der Waals surface area contributed by atoms with Gasteiger partial charge in [0.05, 0.1) is 4.90 Å². The molecule has 2 atom stereocenters. The molecule has 0 bridgehead atoms. The fourth-order valence-electron chi connectivity index (χ4n) is 3.12. The summed E-state index contributed by atoms with van der Waals surface area (Å²) in [5, 5.41) is 9.36. The second kappa shape index (κ2) is 8.64. The molecule has 2 rings (SSSR count). The van der Waals surface area contributed by atoms with Gasteiger partial charge in [-0.05, 0) is 36.6 Å². The van der Waals surface area contributed by atoms with Crippen LogP contribution in [0.15, 0.2) is 29.2 Å². The van der Waals surface area contributed by atoms with Gasteiger partial charge in [-0.25, -0.2) is 8.42 Å². The van der Waals surface area contributed by atoms with E-state index in [4.69, 9.17) is 0 Å². The van der Waals surface area contributed by atoms with Crippen LogP contribution < -0.4 is 9.62 Å². The van der Waals surface area contributed by atoms with E-state index in [-0.39, 0.29) is 16.6 Å². The van der Waals surface area contributed by atoms with Gasteiger partial charge in [0, 0.05) is 31.6 Å². The molecule has 0 saturated carbocycles. The average Bonchev–Trinajstić information content (AvgIpc) is 2.60. The maximum atomic E-state index is 12.6. The molecule has 26 heavy (non-hydrogen) atoms. The zero-order valence-corrected chi connectivity index (χ0v) is 16.0. The lowest BCUT2D eigenvalue weighted by molar-refractivity contribution is -0.140. The highest BCUT2D eigenvalue weighted by molar-refractivity contribution is 7.89. The van der Waals surface area contributed by atoms with Gasteiger partial charge >= 0.3 is 5.97 Å². The maximum absolute atomic E-state index is 12.6. The third-order valence-electron chi connectivity index (χ3n) is 4.69. The quantitative estimate of drug-likeness (QED) is 0.713. The number of benzene rings is 1. The summed E-state index contributed by atoms with van der Waals surface area (Å²) >= 11 is 0. The van der Waals surface area contributed by atoms with Crippen LogP contribution in [0.2, 0.25) is 0 Å². The lowest BCUT2D eigenvalue weighted by Crippen LogP contribution is -2.45. The standard InChI is InChI=1S/C18H26N2O5S/c1-3-4-13(2)17(18(22)23)19-26(24,25)16-7-5-14(6-8-16)20-11-9-15(21)10-12-20/h5-8,13,17,19H,3-4,9-12H2,1-2H3,(H,22,23)/t13?,17-/m0/s1. The zero-order chi connectivity index (χ0) is 19.3. The Morgan fingerprint density at radius 2 is 1.81 bits per heavy atom. The van der Waals surface area contributed by atoms with E-state index in [0.29, 0.717) is 32.4 Å². The monoisotopic (exact) mass is 382 g/mol. The predicted octanol–water partition coefficient (Wildman–Crippen LogP) is 2.02. The van der Waals surface area contributed by atoms with Gasteiger partial charge in [-0.2, -0.15) is 4.72 Å². The molecule has 1 aliphatic rings. The number of sulfonamides is 1. The topological polar surface area (TPSA) is 104 Å². The molecule has 1 aromatic rings. The van der Waals surface area contributed by atoms with Crippen LogP contribution in [0.3, 0.4) is 0 Å². The minimum atomic E-state index is -3.93. The Labute approximate surface area is 154 Å². The van der Waals surface area contributed by atoms with Crippen LogP contribution in [0.4, 0.5) is 5.69 Å². The first-order valence-corrected chi connectivity index (χ1v) is 10.3. The van der Waals surface area contributed by atoms with Crippen molar-refractivity contribution in [2.75, 3.05) is 18.0 Å². The highest BCUT2D eigenvalue weighted by Gasteiger charge is 2.30. The lowest BCUT2D eigenvalue weighted by atomic mass is 9.98. The molecule has 1 aromatic carbocycles. The van der Waals surface area contributed by atoms with Gasteiger partial charge in [-0.1, -0.05) is 20.3 Å². The summed E-state index contributed by atoms with van der Waals surface area (Å²) in [4.78, 5) is 24.8. The summed E-state index contributed by atoms with van der Waals surface area (Å²) in [6, 6.07) is 5.16. The minimum absolute atomic E-state index is 0.0317. The van der Waals surface area contributed by atoms with Gasteiger partial charge in [0.15, 0.2) is 0 Å². The van der Waals surface area contributed by atoms with E-state index in [2.05, 4.69) is 4.72 Å². The van der Waals surface area contributed by atoms with Crippen molar-refractivity contribution in [2.45, 2.75) is 50.5 Å². The van der Waals surface area contributed by atoms with Crippen LogP contribution in [-0.2, 0) is 19.6 Å². The van der Waals surface area contributed by atoms with Crippen LogP contribution in [-0.4, -0.2) is 44.4 Å². The van der Waals surface area contributed by atoms with E-state index in [0.717, 1.165) is 12.1 Å². The number of nitrogens with one attached hydrogen (secondary N) is 1. The smallest absolute Gasteiger partial charge is 0.322 e. The second-order valence-corrected chi connectivity index (χ2v) is 8.44. The first-order valence-electron chi connectivity index (χ1n) is 8.86. The highest BCUT2D eigenvalue weighted by atomic mass is 32.2. The van der Waals surface area contributed by atoms with Crippen molar-refractivity contribution in [1.29, 1.82) is 0 Å². The molecule has 1 heterocycles. The van der Waals surface area contributed by atoms with Gasteiger partial charge in [-0.3, -0.25) is 9.59 Å². The van der Waals surface area contributed by atoms with Gasteiger partial charge < -0.3 is 10.0 Å². The van der Waals surface area contributed by atoms with Crippen LogP contribution in [0.1, 0.15) is 39.5 Å².